The normalized spacial score (nSPS) is 16.6. The van der Waals surface area contributed by atoms with Gasteiger partial charge in [-0.3, -0.25) is 9.69 Å². The van der Waals surface area contributed by atoms with Crippen LogP contribution in [0.15, 0.2) is 58.5 Å². The Hall–Kier alpha value is -2.48. The van der Waals surface area contributed by atoms with Crippen molar-refractivity contribution in [3.05, 3.63) is 65.4 Å². The fourth-order valence-corrected chi connectivity index (χ4v) is 4.31. The monoisotopic (exact) mass is 410 g/mol. The van der Waals surface area contributed by atoms with Crippen molar-refractivity contribution >= 4 is 17.2 Å². The molecule has 1 aromatic carbocycles. The molecule has 1 saturated heterocycles. The summed E-state index contributed by atoms with van der Waals surface area (Å²) in [7, 11) is 2.15. The van der Waals surface area contributed by atoms with Gasteiger partial charge in [0.05, 0.1) is 24.4 Å². The van der Waals surface area contributed by atoms with Crippen molar-refractivity contribution in [3.63, 3.8) is 0 Å². The van der Waals surface area contributed by atoms with E-state index in [9.17, 15) is 4.79 Å². The van der Waals surface area contributed by atoms with Gasteiger partial charge in [-0.1, -0.05) is 30.3 Å². The van der Waals surface area contributed by atoms with E-state index in [2.05, 4.69) is 39.3 Å². The first-order chi connectivity index (χ1) is 14.2. The summed E-state index contributed by atoms with van der Waals surface area (Å²) in [6.07, 6.45) is 1.90. The molecule has 0 bridgehead atoms. The molecule has 7 heteroatoms. The number of carbonyl (C=O) groups is 1. The lowest BCUT2D eigenvalue weighted by Gasteiger charge is -2.35. The number of hydrogen-bond acceptors (Lipinski definition) is 6. The topological polar surface area (TPSA) is 61.6 Å². The second kappa shape index (κ2) is 9.35. The lowest BCUT2D eigenvalue weighted by atomic mass is 10.1. The molecule has 1 atom stereocenters. The van der Waals surface area contributed by atoms with Crippen molar-refractivity contribution in [2.75, 3.05) is 39.8 Å². The van der Waals surface area contributed by atoms with Crippen LogP contribution in [-0.4, -0.2) is 60.5 Å². The van der Waals surface area contributed by atoms with Crippen molar-refractivity contribution in [2.45, 2.75) is 12.5 Å². The van der Waals surface area contributed by atoms with Crippen LogP contribution < -0.4 is 5.32 Å². The Morgan fingerprint density at radius 2 is 1.97 bits per heavy atom. The molecule has 0 radical (unpaired) electrons. The summed E-state index contributed by atoms with van der Waals surface area (Å²) in [5.41, 5.74) is 1.90. The van der Waals surface area contributed by atoms with Crippen LogP contribution in [0, 0.1) is 0 Å². The Bertz CT molecular complexity index is 902. The molecule has 1 aliphatic rings. The summed E-state index contributed by atoms with van der Waals surface area (Å²) in [5.74, 6) is 0.725. The van der Waals surface area contributed by atoms with Gasteiger partial charge < -0.3 is 14.6 Å². The molecule has 0 saturated carbocycles. The third kappa shape index (κ3) is 5.32. The molecular formula is C22H26N4O2S. The SMILES string of the molecule is CN1CCN(CC(NC(=O)Cc2csc(-c3ccco3)n2)c2ccccc2)CC1. The number of nitrogens with one attached hydrogen (secondary N) is 1. The zero-order valence-corrected chi connectivity index (χ0v) is 17.4. The van der Waals surface area contributed by atoms with Crippen LogP contribution in [0.25, 0.3) is 10.8 Å². The Labute approximate surface area is 175 Å². The standard InChI is InChI=1S/C22H26N4O2S/c1-25-9-11-26(12-10-25)15-19(17-6-3-2-4-7-17)24-21(27)14-18-16-29-22(23-18)20-8-5-13-28-20/h2-8,13,16,19H,9-12,14-15H2,1H3,(H,24,27). The summed E-state index contributed by atoms with van der Waals surface area (Å²) >= 11 is 1.50. The number of benzene rings is 1. The third-order valence-corrected chi connectivity index (χ3v) is 6.10. The molecule has 3 aromatic rings. The highest BCUT2D eigenvalue weighted by Gasteiger charge is 2.21. The lowest BCUT2D eigenvalue weighted by molar-refractivity contribution is -0.121. The first-order valence-corrected chi connectivity index (χ1v) is 10.8. The number of likely N-dealkylation sites (N-methyl/N-ethyl adjacent to an activating group) is 1. The Kier molecular flexibility index (Phi) is 6.39. The van der Waals surface area contributed by atoms with Crippen LogP contribution in [0.5, 0.6) is 0 Å². The van der Waals surface area contributed by atoms with Crippen LogP contribution in [-0.2, 0) is 11.2 Å². The van der Waals surface area contributed by atoms with E-state index >= 15 is 0 Å². The van der Waals surface area contributed by atoms with Crippen molar-refractivity contribution < 1.29 is 9.21 Å². The van der Waals surface area contributed by atoms with Gasteiger partial charge in [0.1, 0.15) is 0 Å². The molecule has 29 heavy (non-hydrogen) atoms. The van der Waals surface area contributed by atoms with E-state index in [0.717, 1.165) is 54.7 Å². The van der Waals surface area contributed by atoms with Gasteiger partial charge in [0.25, 0.3) is 0 Å². The van der Waals surface area contributed by atoms with E-state index in [0.29, 0.717) is 0 Å². The highest BCUT2D eigenvalue weighted by atomic mass is 32.1. The summed E-state index contributed by atoms with van der Waals surface area (Å²) in [4.78, 5) is 22.1. The molecule has 4 rings (SSSR count). The van der Waals surface area contributed by atoms with Gasteiger partial charge in [-0.25, -0.2) is 4.98 Å². The molecule has 1 amide bonds. The quantitative estimate of drug-likeness (QED) is 0.649. The van der Waals surface area contributed by atoms with E-state index in [1.807, 2.05) is 35.7 Å². The number of carbonyl (C=O) groups excluding carboxylic acids is 1. The van der Waals surface area contributed by atoms with Crippen molar-refractivity contribution in [3.8, 4) is 10.8 Å². The van der Waals surface area contributed by atoms with Crippen LogP contribution >= 0.6 is 11.3 Å². The number of piperazine rings is 1. The second-order valence-corrected chi connectivity index (χ2v) is 8.29. The van der Waals surface area contributed by atoms with Gasteiger partial charge in [0.15, 0.2) is 10.8 Å². The summed E-state index contributed by atoms with van der Waals surface area (Å²) < 4.78 is 5.39. The van der Waals surface area contributed by atoms with Gasteiger partial charge in [-0.05, 0) is 24.7 Å². The smallest absolute Gasteiger partial charge is 0.226 e. The Morgan fingerprint density at radius 1 is 1.17 bits per heavy atom. The molecule has 1 fully saturated rings. The molecule has 1 N–H and O–H groups in total. The zero-order valence-electron chi connectivity index (χ0n) is 16.6. The fraction of sp³-hybridized carbons (Fsp3) is 0.364. The highest BCUT2D eigenvalue weighted by molar-refractivity contribution is 7.13. The van der Waals surface area contributed by atoms with Gasteiger partial charge in [-0.2, -0.15) is 0 Å². The molecular weight excluding hydrogens is 384 g/mol. The van der Waals surface area contributed by atoms with Gasteiger partial charge in [0.2, 0.25) is 5.91 Å². The van der Waals surface area contributed by atoms with E-state index in [4.69, 9.17) is 4.42 Å². The molecule has 3 heterocycles. The van der Waals surface area contributed by atoms with E-state index < -0.39 is 0 Å². The predicted octanol–water partition coefficient (Wildman–Crippen LogP) is 3.05. The minimum atomic E-state index is -0.0321. The fourth-order valence-electron chi connectivity index (χ4n) is 3.52. The Morgan fingerprint density at radius 3 is 2.69 bits per heavy atom. The predicted molar refractivity (Wildman–Crippen MR) is 115 cm³/mol. The van der Waals surface area contributed by atoms with Crippen molar-refractivity contribution in [1.29, 1.82) is 0 Å². The summed E-state index contributed by atoms with van der Waals surface area (Å²) in [6, 6.07) is 13.9. The first-order valence-electron chi connectivity index (χ1n) is 9.91. The maximum Gasteiger partial charge on any atom is 0.226 e. The van der Waals surface area contributed by atoms with E-state index in [1.165, 1.54) is 11.3 Å². The van der Waals surface area contributed by atoms with E-state index in [-0.39, 0.29) is 18.4 Å². The van der Waals surface area contributed by atoms with E-state index in [1.54, 1.807) is 6.26 Å². The number of amides is 1. The molecule has 6 nitrogen and oxygen atoms in total. The van der Waals surface area contributed by atoms with Crippen LogP contribution in [0.3, 0.4) is 0 Å². The van der Waals surface area contributed by atoms with Crippen LogP contribution in [0.2, 0.25) is 0 Å². The number of rotatable bonds is 7. The minimum absolute atomic E-state index is 0.00993. The largest absolute Gasteiger partial charge is 0.462 e. The molecule has 0 aliphatic carbocycles. The van der Waals surface area contributed by atoms with Crippen molar-refractivity contribution in [1.82, 2.24) is 20.1 Å². The zero-order chi connectivity index (χ0) is 20.1. The van der Waals surface area contributed by atoms with Gasteiger partial charge in [0, 0.05) is 38.1 Å². The highest BCUT2D eigenvalue weighted by Crippen LogP contribution is 2.24. The number of furan rings is 1. The molecule has 1 aliphatic heterocycles. The number of hydrogen-bond donors (Lipinski definition) is 1. The first kappa shape index (κ1) is 19.8. The molecule has 2 aromatic heterocycles. The van der Waals surface area contributed by atoms with Gasteiger partial charge >= 0.3 is 0 Å². The third-order valence-electron chi connectivity index (χ3n) is 5.20. The molecule has 152 valence electrons. The molecule has 0 spiro atoms. The number of aromatic nitrogens is 1. The number of nitrogens with zero attached hydrogens (tertiary/aromatic N) is 3. The maximum atomic E-state index is 12.8. The summed E-state index contributed by atoms with van der Waals surface area (Å²) in [5, 5.41) is 5.96. The average molecular weight is 411 g/mol. The number of thiazole rings is 1. The maximum absolute atomic E-state index is 12.8. The van der Waals surface area contributed by atoms with Crippen molar-refractivity contribution in [2.24, 2.45) is 0 Å². The van der Waals surface area contributed by atoms with Gasteiger partial charge in [-0.15, -0.1) is 11.3 Å². The van der Waals surface area contributed by atoms with Crippen LogP contribution in [0.4, 0.5) is 0 Å². The molecule has 1 unspecified atom stereocenters. The Balaban J connectivity index is 1.40. The minimum Gasteiger partial charge on any atom is -0.462 e. The average Bonchev–Trinajstić information content (AvgIpc) is 3.42. The van der Waals surface area contributed by atoms with Crippen LogP contribution in [0.1, 0.15) is 17.3 Å². The second-order valence-electron chi connectivity index (χ2n) is 7.43. The summed E-state index contributed by atoms with van der Waals surface area (Å²) in [6.45, 7) is 4.98. The lowest BCUT2D eigenvalue weighted by Crippen LogP contribution is -2.48.